The summed E-state index contributed by atoms with van der Waals surface area (Å²) >= 11 is 0. The molecule has 0 heterocycles. The van der Waals surface area contributed by atoms with Crippen molar-refractivity contribution in [2.45, 2.75) is 63.5 Å². The van der Waals surface area contributed by atoms with Crippen molar-refractivity contribution in [3.05, 3.63) is 59.7 Å². The Hall–Kier alpha value is -3.35. The van der Waals surface area contributed by atoms with Gasteiger partial charge in [0.25, 0.3) is 0 Å². The van der Waals surface area contributed by atoms with Crippen LogP contribution < -0.4 is 10.6 Å². The zero-order valence-corrected chi connectivity index (χ0v) is 19.9. The Morgan fingerprint density at radius 2 is 1.47 bits per heavy atom. The van der Waals surface area contributed by atoms with E-state index in [1.165, 1.54) is 0 Å². The zero-order valence-electron chi connectivity index (χ0n) is 19.9. The molecule has 0 spiro atoms. The first-order valence-electron chi connectivity index (χ1n) is 11.7. The smallest absolute Gasteiger partial charge is 0.407 e. The van der Waals surface area contributed by atoms with Gasteiger partial charge in [0.15, 0.2) is 0 Å². The van der Waals surface area contributed by atoms with Crippen LogP contribution in [0, 0.1) is 5.92 Å². The molecule has 2 aromatic rings. The number of carboxylic acid groups (broad SMARTS) is 1. The Balaban J connectivity index is 1.39. The molecule has 2 aliphatic rings. The van der Waals surface area contributed by atoms with Crippen molar-refractivity contribution in [2.75, 3.05) is 6.61 Å². The lowest BCUT2D eigenvalue weighted by Gasteiger charge is -2.32. The van der Waals surface area contributed by atoms with E-state index in [1.807, 2.05) is 31.2 Å². The van der Waals surface area contributed by atoms with Crippen LogP contribution in [0.2, 0.25) is 0 Å². The third-order valence-corrected chi connectivity index (χ3v) is 6.81. The first-order valence-corrected chi connectivity index (χ1v) is 11.7. The molecule has 4 rings (SSSR count). The van der Waals surface area contributed by atoms with E-state index in [0.717, 1.165) is 35.1 Å². The lowest BCUT2D eigenvalue weighted by atomic mass is 9.90. The Bertz CT molecular complexity index is 1060. The molecule has 1 saturated carbocycles. The maximum atomic E-state index is 12.8. The molecule has 2 aliphatic carbocycles. The quantitative estimate of drug-likeness (QED) is 0.508. The van der Waals surface area contributed by atoms with Gasteiger partial charge >= 0.3 is 12.1 Å². The molecular formula is C27H32N2O5. The number of aliphatic carboxylic acids is 1. The van der Waals surface area contributed by atoms with E-state index in [2.05, 4.69) is 34.9 Å². The number of hydrogen-bond donors (Lipinski definition) is 3. The van der Waals surface area contributed by atoms with Crippen LogP contribution >= 0.6 is 0 Å². The Kier molecular flexibility index (Phi) is 6.39. The predicted molar refractivity (Wildman–Crippen MR) is 128 cm³/mol. The molecule has 2 amide bonds. The number of nitrogens with one attached hydrogen (secondary N) is 2. The van der Waals surface area contributed by atoms with Crippen LogP contribution in [0.5, 0.6) is 0 Å². The summed E-state index contributed by atoms with van der Waals surface area (Å²) in [6.07, 6.45) is 1.18. The second-order valence-electron chi connectivity index (χ2n) is 10.3. The predicted octanol–water partition coefficient (Wildman–Crippen LogP) is 4.45. The van der Waals surface area contributed by atoms with Gasteiger partial charge in [0.1, 0.15) is 6.61 Å². The van der Waals surface area contributed by atoms with E-state index in [0.29, 0.717) is 0 Å². The number of fused-ring (bicyclic) bond motifs is 3. The van der Waals surface area contributed by atoms with Crippen LogP contribution in [0.4, 0.5) is 4.79 Å². The number of ether oxygens (including phenoxy) is 1. The molecule has 0 radical (unpaired) electrons. The molecule has 0 aromatic heterocycles. The van der Waals surface area contributed by atoms with Gasteiger partial charge < -0.3 is 20.5 Å². The molecule has 1 unspecified atom stereocenters. The lowest BCUT2D eigenvalue weighted by molar-refractivity contribution is -0.138. The van der Waals surface area contributed by atoms with Gasteiger partial charge in [-0.1, -0.05) is 48.5 Å². The zero-order chi connectivity index (χ0) is 24.5. The summed E-state index contributed by atoms with van der Waals surface area (Å²) < 4.78 is 5.69. The van der Waals surface area contributed by atoms with Crippen LogP contribution in [0.3, 0.4) is 0 Å². The van der Waals surface area contributed by atoms with Crippen molar-refractivity contribution in [1.82, 2.24) is 10.6 Å². The maximum Gasteiger partial charge on any atom is 0.407 e. The number of benzene rings is 2. The summed E-state index contributed by atoms with van der Waals surface area (Å²) in [6.45, 7) is 5.41. The summed E-state index contributed by atoms with van der Waals surface area (Å²) in [6, 6.07) is 16.3. The van der Waals surface area contributed by atoms with Crippen molar-refractivity contribution in [1.29, 1.82) is 0 Å². The van der Waals surface area contributed by atoms with E-state index in [4.69, 9.17) is 9.84 Å². The fourth-order valence-electron chi connectivity index (χ4n) is 5.06. The molecular weight excluding hydrogens is 432 g/mol. The molecule has 0 aliphatic heterocycles. The summed E-state index contributed by atoms with van der Waals surface area (Å²) in [5.74, 6) is -1.13. The third-order valence-electron chi connectivity index (χ3n) is 6.81. The summed E-state index contributed by atoms with van der Waals surface area (Å²) in [4.78, 5) is 36.6. The van der Waals surface area contributed by atoms with E-state index in [-0.39, 0.29) is 37.2 Å². The minimum Gasteiger partial charge on any atom is -0.481 e. The first-order chi connectivity index (χ1) is 16.1. The topological polar surface area (TPSA) is 105 Å². The highest BCUT2D eigenvalue weighted by atomic mass is 16.5. The largest absolute Gasteiger partial charge is 0.481 e. The molecule has 7 nitrogen and oxygen atoms in total. The molecule has 0 bridgehead atoms. The summed E-state index contributed by atoms with van der Waals surface area (Å²) in [5, 5.41) is 14.8. The van der Waals surface area contributed by atoms with E-state index in [9.17, 15) is 14.4 Å². The minimum atomic E-state index is -0.980. The molecule has 34 heavy (non-hydrogen) atoms. The SMILES string of the molecule is CC(C)(CC(=O)O)NC(=O)CC(C)(NC(=O)OCC1c2ccccc2-c2ccccc21)C1CC1. The molecule has 180 valence electrons. The molecule has 7 heteroatoms. The number of carbonyl (C=O) groups is 3. The average molecular weight is 465 g/mol. The molecule has 1 atom stereocenters. The van der Waals surface area contributed by atoms with Gasteiger partial charge in [-0.3, -0.25) is 9.59 Å². The lowest BCUT2D eigenvalue weighted by Crippen LogP contribution is -2.53. The van der Waals surface area contributed by atoms with Gasteiger partial charge in [-0.15, -0.1) is 0 Å². The number of rotatable bonds is 9. The monoisotopic (exact) mass is 464 g/mol. The fourth-order valence-corrected chi connectivity index (χ4v) is 5.06. The fraction of sp³-hybridized carbons (Fsp3) is 0.444. The molecule has 3 N–H and O–H groups in total. The van der Waals surface area contributed by atoms with Gasteiger partial charge in [-0.05, 0) is 61.8 Å². The Morgan fingerprint density at radius 3 is 2.00 bits per heavy atom. The van der Waals surface area contributed by atoms with Crippen molar-refractivity contribution in [2.24, 2.45) is 5.92 Å². The summed E-state index contributed by atoms with van der Waals surface area (Å²) in [5.41, 5.74) is 2.97. The van der Waals surface area contributed by atoms with Crippen LogP contribution in [0.15, 0.2) is 48.5 Å². The highest BCUT2D eigenvalue weighted by Crippen LogP contribution is 2.45. The molecule has 1 fully saturated rings. The highest BCUT2D eigenvalue weighted by molar-refractivity contribution is 5.81. The van der Waals surface area contributed by atoms with Crippen molar-refractivity contribution in [3.63, 3.8) is 0 Å². The normalized spacial score (nSPS) is 16.7. The van der Waals surface area contributed by atoms with Crippen LogP contribution in [-0.2, 0) is 14.3 Å². The van der Waals surface area contributed by atoms with Gasteiger partial charge in [0.05, 0.1) is 12.0 Å². The van der Waals surface area contributed by atoms with E-state index >= 15 is 0 Å². The number of carbonyl (C=O) groups excluding carboxylic acids is 2. The number of hydrogen-bond acceptors (Lipinski definition) is 4. The van der Waals surface area contributed by atoms with Gasteiger partial charge in [-0.2, -0.15) is 0 Å². The van der Waals surface area contributed by atoms with Crippen LogP contribution in [0.25, 0.3) is 11.1 Å². The van der Waals surface area contributed by atoms with E-state index < -0.39 is 23.1 Å². The van der Waals surface area contributed by atoms with Gasteiger partial charge in [0.2, 0.25) is 5.91 Å². The van der Waals surface area contributed by atoms with Crippen molar-refractivity contribution < 1.29 is 24.2 Å². The average Bonchev–Trinajstić information content (AvgIpc) is 3.55. The standard InChI is InChI=1S/C27H32N2O5/c1-26(2,15-24(31)32)28-23(30)14-27(3,17-12-13-17)29-25(33)34-16-22-20-10-6-4-8-18(20)19-9-5-7-11-21(19)22/h4-11,17,22H,12-16H2,1-3H3,(H,28,30)(H,29,33)(H,31,32). The first kappa shape index (κ1) is 23.8. The maximum absolute atomic E-state index is 12.8. The van der Waals surface area contributed by atoms with E-state index in [1.54, 1.807) is 13.8 Å². The Morgan fingerprint density at radius 1 is 0.912 bits per heavy atom. The molecule has 0 saturated heterocycles. The van der Waals surface area contributed by atoms with Gasteiger partial charge in [0, 0.05) is 17.9 Å². The van der Waals surface area contributed by atoms with Crippen LogP contribution in [-0.4, -0.2) is 40.8 Å². The second kappa shape index (κ2) is 9.12. The van der Waals surface area contributed by atoms with Crippen LogP contribution in [0.1, 0.15) is 63.5 Å². The number of alkyl carbamates (subject to hydrolysis) is 1. The second-order valence-corrected chi connectivity index (χ2v) is 10.3. The van der Waals surface area contributed by atoms with Crippen molar-refractivity contribution >= 4 is 18.0 Å². The number of carboxylic acids is 1. The minimum absolute atomic E-state index is 0.0366. The number of amides is 2. The third kappa shape index (κ3) is 5.24. The highest BCUT2D eigenvalue weighted by Gasteiger charge is 2.45. The Labute approximate surface area is 199 Å². The summed E-state index contributed by atoms with van der Waals surface area (Å²) in [7, 11) is 0. The van der Waals surface area contributed by atoms with Gasteiger partial charge in [-0.25, -0.2) is 4.79 Å². The van der Waals surface area contributed by atoms with Crippen molar-refractivity contribution in [3.8, 4) is 11.1 Å². The molecule has 2 aromatic carbocycles.